The number of carbonyl (C=O) groups is 1. The van der Waals surface area contributed by atoms with Crippen LogP contribution in [0.15, 0.2) is 36.9 Å². The smallest absolute Gasteiger partial charge is 0.274 e. The lowest BCUT2D eigenvalue weighted by Gasteiger charge is -2.18. The van der Waals surface area contributed by atoms with E-state index in [1.807, 2.05) is 20.8 Å². The van der Waals surface area contributed by atoms with Crippen molar-refractivity contribution < 1.29 is 14.4 Å². The summed E-state index contributed by atoms with van der Waals surface area (Å²) in [6.07, 6.45) is 1.66. The van der Waals surface area contributed by atoms with E-state index in [1.54, 1.807) is 30.3 Å². The molecular weight excluding hydrogens is 230 g/mol. The Morgan fingerprint density at radius 2 is 1.94 bits per heavy atom. The summed E-state index contributed by atoms with van der Waals surface area (Å²) >= 11 is 0. The van der Waals surface area contributed by atoms with Gasteiger partial charge in [-0.25, -0.2) is 5.48 Å². The van der Waals surface area contributed by atoms with Gasteiger partial charge in [0.05, 0.1) is 5.60 Å². The molecule has 0 unspecified atom stereocenters. The molecule has 4 heteroatoms. The topological polar surface area (TPSA) is 47.6 Å². The van der Waals surface area contributed by atoms with Crippen molar-refractivity contribution in [3.8, 4) is 5.75 Å². The van der Waals surface area contributed by atoms with Crippen LogP contribution in [0.5, 0.6) is 5.75 Å². The average Bonchev–Trinajstić information content (AvgIpc) is 2.33. The molecule has 0 spiro atoms. The third kappa shape index (κ3) is 5.01. The summed E-state index contributed by atoms with van der Waals surface area (Å²) in [7, 11) is 0. The van der Waals surface area contributed by atoms with E-state index >= 15 is 0 Å². The maximum atomic E-state index is 11.7. The lowest BCUT2D eigenvalue weighted by Crippen LogP contribution is -2.33. The number of hydrogen-bond acceptors (Lipinski definition) is 3. The minimum atomic E-state index is -0.414. The van der Waals surface area contributed by atoms with E-state index in [2.05, 4.69) is 12.1 Å². The van der Waals surface area contributed by atoms with Gasteiger partial charge in [-0.2, -0.15) is 0 Å². The van der Waals surface area contributed by atoms with Gasteiger partial charge in [0.1, 0.15) is 12.4 Å². The zero-order valence-corrected chi connectivity index (χ0v) is 11.0. The van der Waals surface area contributed by atoms with Crippen LogP contribution in [0.1, 0.15) is 31.1 Å². The number of nitrogens with one attached hydrogen (secondary N) is 1. The Balaban J connectivity index is 2.56. The Hall–Kier alpha value is -1.81. The van der Waals surface area contributed by atoms with Crippen LogP contribution in [0.3, 0.4) is 0 Å². The summed E-state index contributed by atoms with van der Waals surface area (Å²) in [5.41, 5.74) is 2.51. The van der Waals surface area contributed by atoms with Crippen LogP contribution in [0, 0.1) is 0 Å². The molecule has 1 amide bonds. The third-order valence-electron chi connectivity index (χ3n) is 1.93. The second-order valence-electron chi connectivity index (χ2n) is 4.77. The van der Waals surface area contributed by atoms with Crippen molar-refractivity contribution in [3.05, 3.63) is 42.5 Å². The van der Waals surface area contributed by atoms with Crippen molar-refractivity contribution in [2.24, 2.45) is 0 Å². The number of benzene rings is 1. The Morgan fingerprint density at radius 1 is 1.33 bits per heavy atom. The summed E-state index contributed by atoms with van der Waals surface area (Å²) in [6.45, 7) is 9.59. The molecule has 1 rings (SSSR count). The molecule has 98 valence electrons. The van der Waals surface area contributed by atoms with E-state index in [9.17, 15) is 4.79 Å². The number of hydroxylamine groups is 1. The van der Waals surface area contributed by atoms with Crippen LogP contribution >= 0.6 is 0 Å². The van der Waals surface area contributed by atoms with Crippen molar-refractivity contribution >= 4 is 5.91 Å². The summed E-state index contributed by atoms with van der Waals surface area (Å²) in [5.74, 6) is 0.420. The van der Waals surface area contributed by atoms with Crippen LogP contribution in [-0.4, -0.2) is 18.1 Å². The maximum Gasteiger partial charge on any atom is 0.274 e. The molecule has 0 radical (unpaired) electrons. The number of rotatable bonds is 5. The molecule has 0 saturated heterocycles. The van der Waals surface area contributed by atoms with E-state index in [4.69, 9.17) is 9.57 Å². The summed E-state index contributed by atoms with van der Waals surface area (Å²) in [5, 5.41) is 0. The fourth-order valence-corrected chi connectivity index (χ4v) is 1.12. The maximum absolute atomic E-state index is 11.7. The highest BCUT2D eigenvalue weighted by Gasteiger charge is 2.13. The summed E-state index contributed by atoms with van der Waals surface area (Å²) in [6, 6.07) is 6.82. The van der Waals surface area contributed by atoms with Crippen LogP contribution < -0.4 is 10.2 Å². The van der Waals surface area contributed by atoms with Crippen LogP contribution in [0.25, 0.3) is 0 Å². The highest BCUT2D eigenvalue weighted by Crippen LogP contribution is 2.12. The molecule has 0 aliphatic heterocycles. The molecule has 0 saturated carbocycles. The molecule has 0 atom stereocenters. The van der Waals surface area contributed by atoms with Gasteiger partial charge < -0.3 is 4.74 Å². The first-order valence-corrected chi connectivity index (χ1v) is 5.74. The van der Waals surface area contributed by atoms with Crippen molar-refractivity contribution in [3.63, 3.8) is 0 Å². The van der Waals surface area contributed by atoms with Gasteiger partial charge in [-0.15, -0.1) is 0 Å². The first kappa shape index (κ1) is 14.3. The van der Waals surface area contributed by atoms with Gasteiger partial charge >= 0.3 is 0 Å². The van der Waals surface area contributed by atoms with Crippen molar-refractivity contribution in [2.45, 2.75) is 26.4 Å². The molecule has 1 N–H and O–H groups in total. The molecule has 0 aliphatic carbocycles. The molecule has 1 aromatic rings. The lowest BCUT2D eigenvalue weighted by atomic mass is 10.2. The Kier molecular flexibility index (Phi) is 4.92. The molecule has 0 bridgehead atoms. The highest BCUT2D eigenvalue weighted by atomic mass is 16.7. The molecule has 0 aliphatic rings. The van der Waals surface area contributed by atoms with Crippen molar-refractivity contribution in [1.82, 2.24) is 5.48 Å². The fourth-order valence-electron chi connectivity index (χ4n) is 1.12. The zero-order chi connectivity index (χ0) is 13.6. The molecule has 18 heavy (non-hydrogen) atoms. The third-order valence-corrected chi connectivity index (χ3v) is 1.93. The second kappa shape index (κ2) is 6.21. The number of hydrogen-bond donors (Lipinski definition) is 1. The first-order chi connectivity index (χ1) is 8.42. The normalized spacial score (nSPS) is 10.8. The molecular formula is C14H19NO3. The SMILES string of the molecule is C=CCOc1ccc(C(=O)NOC(C)(C)C)cc1. The van der Waals surface area contributed by atoms with Crippen LogP contribution in [-0.2, 0) is 4.84 Å². The van der Waals surface area contributed by atoms with Crippen molar-refractivity contribution in [2.75, 3.05) is 6.61 Å². The lowest BCUT2D eigenvalue weighted by molar-refractivity contribution is -0.0589. The molecule has 0 aromatic heterocycles. The van der Waals surface area contributed by atoms with E-state index in [0.29, 0.717) is 17.9 Å². The Labute approximate surface area is 108 Å². The van der Waals surface area contributed by atoms with E-state index < -0.39 is 5.60 Å². The molecule has 4 nitrogen and oxygen atoms in total. The Bertz CT molecular complexity index is 404. The van der Waals surface area contributed by atoms with Gasteiger partial charge in [-0.1, -0.05) is 12.7 Å². The van der Waals surface area contributed by atoms with Gasteiger partial charge in [-0.05, 0) is 45.0 Å². The van der Waals surface area contributed by atoms with Crippen LogP contribution in [0.4, 0.5) is 0 Å². The van der Waals surface area contributed by atoms with E-state index in [-0.39, 0.29) is 5.91 Å². The highest BCUT2D eigenvalue weighted by molar-refractivity contribution is 5.93. The largest absolute Gasteiger partial charge is 0.490 e. The van der Waals surface area contributed by atoms with Gasteiger partial charge in [0.2, 0.25) is 0 Å². The number of amides is 1. The monoisotopic (exact) mass is 249 g/mol. The molecule has 0 fully saturated rings. The number of carbonyl (C=O) groups excluding carboxylic acids is 1. The molecule has 1 aromatic carbocycles. The summed E-state index contributed by atoms with van der Waals surface area (Å²) < 4.78 is 5.32. The first-order valence-electron chi connectivity index (χ1n) is 5.74. The molecule has 0 heterocycles. The van der Waals surface area contributed by atoms with Gasteiger partial charge in [-0.3, -0.25) is 9.63 Å². The minimum Gasteiger partial charge on any atom is -0.490 e. The Morgan fingerprint density at radius 3 is 2.44 bits per heavy atom. The zero-order valence-electron chi connectivity index (χ0n) is 11.0. The van der Waals surface area contributed by atoms with Gasteiger partial charge in [0.25, 0.3) is 5.91 Å². The number of ether oxygens (including phenoxy) is 1. The summed E-state index contributed by atoms with van der Waals surface area (Å²) in [4.78, 5) is 16.9. The van der Waals surface area contributed by atoms with Gasteiger partial charge in [0.15, 0.2) is 0 Å². The standard InChI is InChI=1S/C14H19NO3/c1-5-10-17-12-8-6-11(7-9-12)13(16)15-18-14(2,3)4/h5-9H,1,10H2,2-4H3,(H,15,16). The average molecular weight is 249 g/mol. The minimum absolute atomic E-state index is 0.278. The van der Waals surface area contributed by atoms with Gasteiger partial charge in [0, 0.05) is 5.56 Å². The fraction of sp³-hybridized carbons (Fsp3) is 0.357. The quantitative estimate of drug-likeness (QED) is 0.644. The van der Waals surface area contributed by atoms with Crippen molar-refractivity contribution in [1.29, 1.82) is 0 Å². The van der Waals surface area contributed by atoms with E-state index in [1.165, 1.54) is 0 Å². The predicted octanol–water partition coefficient (Wildman–Crippen LogP) is 2.71. The second-order valence-corrected chi connectivity index (χ2v) is 4.77. The van der Waals surface area contributed by atoms with Crippen LogP contribution in [0.2, 0.25) is 0 Å². The van der Waals surface area contributed by atoms with E-state index in [0.717, 1.165) is 0 Å². The predicted molar refractivity (Wildman–Crippen MR) is 70.4 cm³/mol.